The molecule has 6 heteroatoms. The zero-order valence-corrected chi connectivity index (χ0v) is 13.5. The van der Waals surface area contributed by atoms with E-state index in [4.69, 9.17) is 0 Å². The Kier molecular flexibility index (Phi) is 3.78. The maximum Gasteiger partial charge on any atom is 0.187 e. The molecule has 3 unspecified atom stereocenters. The Morgan fingerprint density at radius 3 is 2.43 bits per heavy atom. The van der Waals surface area contributed by atoms with Gasteiger partial charge >= 0.3 is 0 Å². The zero-order valence-electron chi connectivity index (χ0n) is 12.7. The monoisotopic (exact) mass is 336 g/mol. The van der Waals surface area contributed by atoms with Gasteiger partial charge in [0.1, 0.15) is 17.2 Å². The summed E-state index contributed by atoms with van der Waals surface area (Å²) >= 11 is 0. The van der Waals surface area contributed by atoms with E-state index in [0.29, 0.717) is 11.1 Å². The molecular formula is C17H17FO4S. The molecule has 0 saturated heterocycles. The van der Waals surface area contributed by atoms with Crippen molar-refractivity contribution in [3.8, 4) is 0 Å². The molecule has 2 N–H and O–H groups in total. The summed E-state index contributed by atoms with van der Waals surface area (Å²) in [4.78, 5) is 0.0147. The van der Waals surface area contributed by atoms with E-state index in [-0.39, 0.29) is 16.0 Å². The zero-order chi connectivity index (χ0) is 16.9. The van der Waals surface area contributed by atoms with E-state index in [1.807, 2.05) is 0 Å². The van der Waals surface area contributed by atoms with Crippen molar-refractivity contribution in [1.82, 2.24) is 0 Å². The number of halogens is 1. The summed E-state index contributed by atoms with van der Waals surface area (Å²) in [5, 5.41) is 19.5. The Hall–Kier alpha value is -1.76. The van der Waals surface area contributed by atoms with E-state index in [9.17, 15) is 23.0 Å². The van der Waals surface area contributed by atoms with Gasteiger partial charge in [0.25, 0.3) is 0 Å². The molecule has 3 rings (SSSR count). The summed E-state index contributed by atoms with van der Waals surface area (Å²) in [5.41, 5.74) is 1.47. The first-order chi connectivity index (χ1) is 10.7. The quantitative estimate of drug-likeness (QED) is 0.883. The molecule has 2 aromatic carbocycles. The first-order valence-corrected chi connectivity index (χ1v) is 8.75. The van der Waals surface area contributed by atoms with Gasteiger partial charge in [-0.05, 0) is 42.7 Å². The van der Waals surface area contributed by atoms with E-state index in [2.05, 4.69) is 0 Å². The van der Waals surface area contributed by atoms with Gasteiger partial charge in [0.05, 0.1) is 11.0 Å². The summed E-state index contributed by atoms with van der Waals surface area (Å²) in [5.74, 6) is -0.513. The molecule has 0 amide bonds. The predicted octanol–water partition coefficient (Wildman–Crippen LogP) is 2.37. The van der Waals surface area contributed by atoms with Crippen molar-refractivity contribution < 1.29 is 23.0 Å². The van der Waals surface area contributed by atoms with Crippen molar-refractivity contribution in [2.45, 2.75) is 36.2 Å². The maximum atomic E-state index is 13.9. The van der Waals surface area contributed by atoms with Crippen LogP contribution in [0.3, 0.4) is 0 Å². The number of sulfone groups is 1. The molecule has 0 saturated carbocycles. The maximum absolute atomic E-state index is 13.9. The topological polar surface area (TPSA) is 74.6 Å². The lowest BCUT2D eigenvalue weighted by atomic mass is 9.96. The van der Waals surface area contributed by atoms with Gasteiger partial charge in [0.15, 0.2) is 9.84 Å². The van der Waals surface area contributed by atoms with E-state index in [1.54, 1.807) is 32.0 Å². The van der Waals surface area contributed by atoms with Gasteiger partial charge in [-0.15, -0.1) is 0 Å². The van der Waals surface area contributed by atoms with Crippen molar-refractivity contribution in [2.24, 2.45) is 0 Å². The molecule has 23 heavy (non-hydrogen) atoms. The van der Waals surface area contributed by atoms with Crippen molar-refractivity contribution >= 4 is 9.84 Å². The summed E-state index contributed by atoms with van der Waals surface area (Å²) in [7, 11) is -3.90. The minimum absolute atomic E-state index is 0.0147. The van der Waals surface area contributed by atoms with Crippen molar-refractivity contribution in [1.29, 1.82) is 0 Å². The molecule has 0 aliphatic carbocycles. The van der Waals surface area contributed by atoms with Gasteiger partial charge in [-0.2, -0.15) is 0 Å². The van der Waals surface area contributed by atoms with Crippen molar-refractivity contribution in [3.05, 3.63) is 64.5 Å². The molecule has 0 radical (unpaired) electrons. The second kappa shape index (κ2) is 5.40. The summed E-state index contributed by atoms with van der Waals surface area (Å²) < 4.78 is 39.2. The molecule has 2 aromatic rings. The highest BCUT2D eigenvalue weighted by atomic mass is 32.2. The van der Waals surface area contributed by atoms with Gasteiger partial charge < -0.3 is 10.2 Å². The van der Waals surface area contributed by atoms with Crippen molar-refractivity contribution in [2.75, 3.05) is 0 Å². The molecule has 0 aromatic heterocycles. The highest BCUT2D eigenvalue weighted by Crippen LogP contribution is 2.44. The standard InChI is InChI=1S/C17H17FO4S/c1-9-7-11(8-13(18)10(9)2)15(19)17-16(20)12-5-3-4-6-14(12)23(17,21)22/h3-8,15-17,19-20H,1-2H3. The molecule has 0 spiro atoms. The number of aliphatic hydroxyl groups is 2. The van der Waals surface area contributed by atoms with Crippen LogP contribution >= 0.6 is 0 Å². The van der Waals surface area contributed by atoms with Gasteiger partial charge in [0, 0.05) is 5.56 Å². The van der Waals surface area contributed by atoms with Crippen LogP contribution in [0.15, 0.2) is 41.3 Å². The molecule has 1 aliphatic heterocycles. The van der Waals surface area contributed by atoms with E-state index >= 15 is 0 Å². The van der Waals surface area contributed by atoms with Crippen LogP contribution in [0.2, 0.25) is 0 Å². The first kappa shape index (κ1) is 16.1. The third-order valence-corrected chi connectivity index (χ3v) is 6.71. The number of hydrogen-bond donors (Lipinski definition) is 2. The lowest BCUT2D eigenvalue weighted by Crippen LogP contribution is -2.29. The van der Waals surface area contributed by atoms with Gasteiger partial charge in [-0.3, -0.25) is 0 Å². The van der Waals surface area contributed by atoms with Crippen LogP contribution in [0.4, 0.5) is 4.39 Å². The Bertz CT molecular complexity index is 853. The van der Waals surface area contributed by atoms with Crippen LogP contribution in [0.5, 0.6) is 0 Å². The van der Waals surface area contributed by atoms with Crippen LogP contribution in [-0.4, -0.2) is 23.9 Å². The number of hydrogen-bond acceptors (Lipinski definition) is 4. The average Bonchev–Trinajstić information content (AvgIpc) is 2.71. The van der Waals surface area contributed by atoms with Crippen LogP contribution < -0.4 is 0 Å². The van der Waals surface area contributed by atoms with E-state index in [1.165, 1.54) is 12.1 Å². The third kappa shape index (κ3) is 2.38. The third-order valence-electron chi connectivity index (χ3n) is 4.49. The minimum Gasteiger partial charge on any atom is -0.387 e. The smallest absolute Gasteiger partial charge is 0.187 e. The highest BCUT2D eigenvalue weighted by molar-refractivity contribution is 7.92. The molecular weight excluding hydrogens is 319 g/mol. The van der Waals surface area contributed by atoms with Crippen LogP contribution in [0, 0.1) is 19.7 Å². The molecule has 4 nitrogen and oxygen atoms in total. The number of fused-ring (bicyclic) bond motifs is 1. The normalized spacial score (nSPS) is 23.5. The largest absolute Gasteiger partial charge is 0.387 e. The van der Waals surface area contributed by atoms with Crippen LogP contribution in [-0.2, 0) is 9.84 Å². The molecule has 1 aliphatic rings. The number of aliphatic hydroxyl groups excluding tert-OH is 2. The average molecular weight is 336 g/mol. The fraction of sp³-hybridized carbons (Fsp3) is 0.294. The SMILES string of the molecule is Cc1cc(C(O)C2C(O)c3ccccc3S2(=O)=O)cc(F)c1C. The lowest BCUT2D eigenvalue weighted by molar-refractivity contribution is 0.0884. The molecule has 0 fully saturated rings. The van der Waals surface area contributed by atoms with E-state index in [0.717, 1.165) is 6.07 Å². The number of rotatable bonds is 2. The number of benzene rings is 2. The van der Waals surface area contributed by atoms with Gasteiger partial charge in [-0.1, -0.05) is 24.3 Å². The Balaban J connectivity index is 2.09. The second-order valence-corrected chi connectivity index (χ2v) is 7.96. The predicted molar refractivity (Wildman–Crippen MR) is 83.2 cm³/mol. The molecule has 3 atom stereocenters. The summed E-state index contributed by atoms with van der Waals surface area (Å²) in [6, 6.07) is 8.79. The highest BCUT2D eigenvalue weighted by Gasteiger charge is 2.48. The fourth-order valence-corrected chi connectivity index (χ4v) is 5.08. The Morgan fingerprint density at radius 2 is 1.83 bits per heavy atom. The minimum atomic E-state index is -3.90. The van der Waals surface area contributed by atoms with Crippen molar-refractivity contribution in [3.63, 3.8) is 0 Å². The first-order valence-electron chi connectivity index (χ1n) is 7.20. The van der Waals surface area contributed by atoms with Crippen LogP contribution in [0.1, 0.15) is 34.5 Å². The second-order valence-electron chi connectivity index (χ2n) is 5.88. The summed E-state index contributed by atoms with van der Waals surface area (Å²) in [6.45, 7) is 3.29. The molecule has 0 bridgehead atoms. The Morgan fingerprint density at radius 1 is 1.17 bits per heavy atom. The Labute approximate surface area is 134 Å². The van der Waals surface area contributed by atoms with Crippen LogP contribution in [0.25, 0.3) is 0 Å². The van der Waals surface area contributed by atoms with Gasteiger partial charge in [-0.25, -0.2) is 12.8 Å². The van der Waals surface area contributed by atoms with E-state index < -0.39 is 33.1 Å². The van der Waals surface area contributed by atoms with Gasteiger partial charge in [0.2, 0.25) is 0 Å². The lowest BCUT2D eigenvalue weighted by Gasteiger charge is -2.22. The molecule has 122 valence electrons. The number of aryl methyl sites for hydroxylation is 1. The molecule has 1 heterocycles. The summed E-state index contributed by atoms with van der Waals surface area (Å²) in [6.07, 6.45) is -2.87. The fourth-order valence-electron chi connectivity index (χ4n) is 3.02.